The summed E-state index contributed by atoms with van der Waals surface area (Å²) in [5.74, 6) is 1.71. The van der Waals surface area contributed by atoms with Gasteiger partial charge in [0.1, 0.15) is 0 Å². The van der Waals surface area contributed by atoms with Crippen molar-refractivity contribution in [1.82, 2.24) is 4.90 Å². The molecule has 3 nitrogen and oxygen atoms in total. The largest absolute Gasteiger partial charge is 0.390 e. The van der Waals surface area contributed by atoms with Crippen LogP contribution in [0.15, 0.2) is 24.3 Å². The van der Waals surface area contributed by atoms with Gasteiger partial charge in [-0.15, -0.1) is 0 Å². The van der Waals surface area contributed by atoms with Crippen LogP contribution in [0.5, 0.6) is 0 Å². The molecule has 3 heteroatoms. The Morgan fingerprint density at radius 2 is 1.85 bits per heavy atom. The Morgan fingerprint density at radius 1 is 1.19 bits per heavy atom. The molecule has 4 rings (SSSR count). The van der Waals surface area contributed by atoms with Crippen molar-refractivity contribution in [3.05, 3.63) is 35.4 Å². The minimum Gasteiger partial charge on any atom is -0.390 e. The van der Waals surface area contributed by atoms with Crippen LogP contribution in [0.3, 0.4) is 0 Å². The van der Waals surface area contributed by atoms with Gasteiger partial charge in [-0.2, -0.15) is 0 Å². The second-order valence-corrected chi connectivity index (χ2v) is 10.0. The first kappa shape index (κ1) is 18.0. The summed E-state index contributed by atoms with van der Waals surface area (Å²) in [7, 11) is 0. The number of hydrogen-bond donors (Lipinski definition) is 1. The molecule has 1 aliphatic heterocycles. The lowest BCUT2D eigenvalue weighted by Crippen LogP contribution is -2.61. The summed E-state index contributed by atoms with van der Waals surface area (Å²) in [4.78, 5) is 14.6. The van der Waals surface area contributed by atoms with Gasteiger partial charge in [-0.3, -0.25) is 4.79 Å². The molecule has 0 aromatic heterocycles. The molecule has 3 aliphatic rings. The number of nitrogens with zero attached hydrogens (tertiary/aromatic N) is 1. The van der Waals surface area contributed by atoms with E-state index in [4.69, 9.17) is 0 Å². The normalized spacial score (nSPS) is 32.6. The molecule has 1 aromatic rings. The Hall–Kier alpha value is -1.35. The lowest BCUT2D eigenvalue weighted by atomic mass is 9.69. The van der Waals surface area contributed by atoms with E-state index in [0.29, 0.717) is 24.2 Å². The molecule has 2 aliphatic carbocycles. The molecule has 1 heterocycles. The second kappa shape index (κ2) is 6.37. The van der Waals surface area contributed by atoms with Crippen LogP contribution in [0.4, 0.5) is 0 Å². The molecule has 142 valence electrons. The molecular formula is C23H33NO2. The zero-order chi connectivity index (χ0) is 18.5. The first-order chi connectivity index (χ1) is 12.3. The number of likely N-dealkylation sites (tertiary alicyclic amines) is 1. The Labute approximate surface area is 157 Å². The molecule has 0 bridgehead atoms. The highest BCUT2D eigenvalue weighted by molar-refractivity contribution is 5.81. The smallest absolute Gasteiger partial charge is 0.225 e. The molecular weight excluding hydrogens is 322 g/mol. The van der Waals surface area contributed by atoms with E-state index in [1.54, 1.807) is 0 Å². The van der Waals surface area contributed by atoms with Crippen LogP contribution in [0.2, 0.25) is 0 Å². The van der Waals surface area contributed by atoms with Crippen molar-refractivity contribution in [3.8, 4) is 0 Å². The van der Waals surface area contributed by atoms with Gasteiger partial charge in [0.15, 0.2) is 0 Å². The van der Waals surface area contributed by atoms with E-state index in [1.165, 1.54) is 36.8 Å². The van der Waals surface area contributed by atoms with E-state index >= 15 is 0 Å². The topological polar surface area (TPSA) is 40.5 Å². The van der Waals surface area contributed by atoms with Gasteiger partial charge >= 0.3 is 0 Å². The van der Waals surface area contributed by atoms with E-state index in [2.05, 4.69) is 43.0 Å². The molecule has 0 radical (unpaired) electrons. The predicted molar refractivity (Wildman–Crippen MR) is 104 cm³/mol. The summed E-state index contributed by atoms with van der Waals surface area (Å²) in [6.07, 6.45) is 6.30. The Balaban J connectivity index is 1.26. The van der Waals surface area contributed by atoms with Crippen LogP contribution in [-0.4, -0.2) is 34.6 Å². The fourth-order valence-corrected chi connectivity index (χ4v) is 5.51. The van der Waals surface area contributed by atoms with Gasteiger partial charge in [0.2, 0.25) is 5.91 Å². The quantitative estimate of drug-likeness (QED) is 0.882. The number of carbonyl (C=O) groups is 1. The summed E-state index contributed by atoms with van der Waals surface area (Å²) in [5.41, 5.74) is 2.66. The number of amides is 1. The SMILES string of the molecule is CC(C)c1ccc(CC2CCC3(C2)CN(C(=O)C2CC(C)(O)C2)C3)cc1. The van der Waals surface area contributed by atoms with Gasteiger partial charge in [-0.25, -0.2) is 0 Å². The second-order valence-electron chi connectivity index (χ2n) is 10.0. The lowest BCUT2D eigenvalue weighted by molar-refractivity contribution is -0.161. The molecule has 1 N–H and O–H groups in total. The first-order valence-corrected chi connectivity index (χ1v) is 10.4. The molecule has 3 fully saturated rings. The van der Waals surface area contributed by atoms with Gasteiger partial charge in [0.25, 0.3) is 0 Å². The molecule has 1 atom stereocenters. The van der Waals surface area contributed by atoms with Crippen LogP contribution in [0.25, 0.3) is 0 Å². The standard InChI is InChI=1S/C23H33NO2/c1-16(2)19-6-4-17(5-7-19)10-18-8-9-23(11-18)14-24(15-23)21(25)20-12-22(3,26)13-20/h4-7,16,18,20,26H,8-15H2,1-3H3. The highest BCUT2D eigenvalue weighted by Crippen LogP contribution is 2.50. The fourth-order valence-electron chi connectivity index (χ4n) is 5.51. The van der Waals surface area contributed by atoms with E-state index < -0.39 is 5.60 Å². The summed E-state index contributed by atoms with van der Waals surface area (Å²) in [6.45, 7) is 8.22. The van der Waals surface area contributed by atoms with E-state index in [1.807, 2.05) is 6.92 Å². The van der Waals surface area contributed by atoms with Crippen LogP contribution >= 0.6 is 0 Å². The predicted octanol–water partition coefficient (Wildman–Crippen LogP) is 4.14. The molecule has 1 aromatic carbocycles. The lowest BCUT2D eigenvalue weighted by Gasteiger charge is -2.52. The van der Waals surface area contributed by atoms with Gasteiger partial charge in [-0.05, 0) is 68.4 Å². The van der Waals surface area contributed by atoms with Gasteiger partial charge in [-0.1, -0.05) is 38.1 Å². The third-order valence-corrected chi connectivity index (χ3v) is 7.06. The van der Waals surface area contributed by atoms with Crippen LogP contribution in [0.1, 0.15) is 69.9 Å². The highest BCUT2D eigenvalue weighted by atomic mass is 16.3. The molecule has 1 amide bonds. The molecule has 1 saturated heterocycles. The minimum atomic E-state index is -0.605. The van der Waals surface area contributed by atoms with E-state index in [0.717, 1.165) is 19.0 Å². The summed E-state index contributed by atoms with van der Waals surface area (Å²) < 4.78 is 0. The maximum absolute atomic E-state index is 12.5. The average Bonchev–Trinajstić information content (AvgIpc) is 2.95. The number of carbonyl (C=O) groups excluding carboxylic acids is 1. The maximum atomic E-state index is 12.5. The van der Waals surface area contributed by atoms with Crippen LogP contribution < -0.4 is 0 Å². The summed E-state index contributed by atoms with van der Waals surface area (Å²) in [5, 5.41) is 9.86. The fraction of sp³-hybridized carbons (Fsp3) is 0.696. The van der Waals surface area contributed by atoms with Crippen molar-refractivity contribution in [1.29, 1.82) is 0 Å². The third kappa shape index (κ3) is 3.43. The van der Waals surface area contributed by atoms with Gasteiger partial charge < -0.3 is 10.0 Å². The minimum absolute atomic E-state index is 0.0685. The molecule has 26 heavy (non-hydrogen) atoms. The maximum Gasteiger partial charge on any atom is 0.225 e. The Bertz CT molecular complexity index is 662. The van der Waals surface area contributed by atoms with Crippen molar-refractivity contribution in [2.45, 2.75) is 70.8 Å². The van der Waals surface area contributed by atoms with Crippen molar-refractivity contribution in [2.75, 3.05) is 13.1 Å². The summed E-state index contributed by atoms with van der Waals surface area (Å²) >= 11 is 0. The van der Waals surface area contributed by atoms with Gasteiger partial charge in [0.05, 0.1) is 5.60 Å². The molecule has 1 spiro atoms. The average molecular weight is 356 g/mol. The number of benzene rings is 1. The Morgan fingerprint density at radius 3 is 2.42 bits per heavy atom. The van der Waals surface area contributed by atoms with E-state index in [-0.39, 0.29) is 11.8 Å². The van der Waals surface area contributed by atoms with Crippen LogP contribution in [0, 0.1) is 17.3 Å². The zero-order valence-electron chi connectivity index (χ0n) is 16.5. The first-order valence-electron chi connectivity index (χ1n) is 10.4. The van der Waals surface area contributed by atoms with E-state index in [9.17, 15) is 9.90 Å². The van der Waals surface area contributed by atoms with Crippen molar-refractivity contribution in [3.63, 3.8) is 0 Å². The van der Waals surface area contributed by atoms with Crippen molar-refractivity contribution >= 4 is 5.91 Å². The number of hydrogen-bond acceptors (Lipinski definition) is 2. The zero-order valence-corrected chi connectivity index (χ0v) is 16.5. The molecule has 2 saturated carbocycles. The highest BCUT2D eigenvalue weighted by Gasteiger charge is 2.52. The molecule has 1 unspecified atom stereocenters. The van der Waals surface area contributed by atoms with Crippen molar-refractivity contribution < 1.29 is 9.90 Å². The Kier molecular flexibility index (Phi) is 4.42. The van der Waals surface area contributed by atoms with Crippen LogP contribution in [-0.2, 0) is 11.2 Å². The third-order valence-electron chi connectivity index (χ3n) is 7.06. The number of aliphatic hydroxyl groups is 1. The van der Waals surface area contributed by atoms with Crippen molar-refractivity contribution in [2.24, 2.45) is 17.3 Å². The summed E-state index contributed by atoms with van der Waals surface area (Å²) in [6, 6.07) is 9.17. The monoisotopic (exact) mass is 355 g/mol. The number of rotatable bonds is 4. The van der Waals surface area contributed by atoms with Gasteiger partial charge in [0, 0.05) is 24.4 Å².